The van der Waals surface area contributed by atoms with Gasteiger partial charge in [-0.3, -0.25) is 5.32 Å². The van der Waals surface area contributed by atoms with Crippen molar-refractivity contribution in [2.75, 3.05) is 16.7 Å². The van der Waals surface area contributed by atoms with Crippen LogP contribution in [0.3, 0.4) is 0 Å². The number of thiol groups is 1. The molecule has 0 fully saturated rings. The molecule has 0 aliphatic carbocycles. The smallest absolute Gasteiger partial charge is 0.337 e. The number of amides is 2. The summed E-state index contributed by atoms with van der Waals surface area (Å²) >= 11 is 10.2. The van der Waals surface area contributed by atoms with Crippen LogP contribution in [0.4, 0.5) is 16.3 Å². The van der Waals surface area contributed by atoms with Gasteiger partial charge in [-0.15, -0.1) is 0 Å². The summed E-state index contributed by atoms with van der Waals surface area (Å²) in [7, 11) is 1.53. The van der Waals surface area contributed by atoms with Gasteiger partial charge in [0.15, 0.2) is 11.4 Å². The number of halogens is 1. The molecule has 0 saturated heterocycles. The highest BCUT2D eigenvalue weighted by Crippen LogP contribution is 2.33. The number of para-hydroxylation sites is 1. The lowest BCUT2D eigenvalue weighted by Crippen LogP contribution is -2.27. The van der Waals surface area contributed by atoms with Crippen molar-refractivity contribution >= 4 is 52.9 Å². The molecule has 0 spiro atoms. The monoisotopic (exact) mass is 349 g/mol. The van der Waals surface area contributed by atoms with Gasteiger partial charge in [0, 0.05) is 0 Å². The van der Waals surface area contributed by atoms with Crippen LogP contribution in [-0.4, -0.2) is 18.3 Å². The first kappa shape index (κ1) is 15.5. The van der Waals surface area contributed by atoms with E-state index < -0.39 is 6.03 Å². The number of ether oxygens (including phenoxy) is 1. The first-order chi connectivity index (χ1) is 11.1. The third-order valence-electron chi connectivity index (χ3n) is 3.18. The Hall–Kier alpha value is -2.38. The number of rotatable bonds is 3. The number of hydrogen-bond donors (Lipinski definition) is 2. The molecule has 0 saturated carbocycles. The molecule has 0 atom stereocenters. The molecular formula is C15H12ClN3O3S. The van der Waals surface area contributed by atoms with Gasteiger partial charge < -0.3 is 9.26 Å². The zero-order chi connectivity index (χ0) is 16.4. The minimum absolute atomic E-state index is 0.244. The minimum Gasteiger partial charge on any atom is -0.496 e. The quantitative estimate of drug-likeness (QED) is 0.689. The van der Waals surface area contributed by atoms with E-state index in [2.05, 4.69) is 23.3 Å². The van der Waals surface area contributed by atoms with Crippen molar-refractivity contribution in [3.05, 3.63) is 47.5 Å². The standard InChI is InChI=1S/C15H12ClN3O3S/c1-21-11-7-4-8-12-13(11)14(18-22-12)17-15(20)19(23)10-6-3-2-5-9(10)16/h2-8,23H,1H3,(H,17,18,20). The second-order valence-electron chi connectivity index (χ2n) is 4.56. The Morgan fingerprint density at radius 3 is 2.83 bits per heavy atom. The second kappa shape index (κ2) is 6.39. The minimum atomic E-state index is -0.525. The highest BCUT2D eigenvalue weighted by Gasteiger charge is 2.20. The fraction of sp³-hybridized carbons (Fsp3) is 0.0667. The van der Waals surface area contributed by atoms with Crippen molar-refractivity contribution in [2.24, 2.45) is 0 Å². The van der Waals surface area contributed by atoms with Crippen molar-refractivity contribution in [3.63, 3.8) is 0 Å². The predicted molar refractivity (Wildman–Crippen MR) is 92.5 cm³/mol. The van der Waals surface area contributed by atoms with Gasteiger partial charge in [0.25, 0.3) is 0 Å². The third kappa shape index (κ3) is 2.93. The number of fused-ring (bicyclic) bond motifs is 1. The van der Waals surface area contributed by atoms with E-state index >= 15 is 0 Å². The van der Waals surface area contributed by atoms with Crippen molar-refractivity contribution in [1.82, 2.24) is 5.16 Å². The SMILES string of the molecule is COc1cccc2onc(NC(=O)N(S)c3ccccc3Cl)c12. The predicted octanol–water partition coefficient (Wildman–Crippen LogP) is 4.37. The van der Waals surface area contributed by atoms with Crippen LogP contribution in [0.2, 0.25) is 5.02 Å². The summed E-state index contributed by atoms with van der Waals surface area (Å²) < 4.78 is 11.5. The highest BCUT2D eigenvalue weighted by atomic mass is 35.5. The molecule has 0 unspecified atom stereocenters. The molecule has 3 aromatic rings. The molecule has 2 aromatic carbocycles. The van der Waals surface area contributed by atoms with Gasteiger partial charge in [-0.2, -0.15) is 0 Å². The lowest BCUT2D eigenvalue weighted by molar-refractivity contribution is 0.260. The maximum Gasteiger partial charge on any atom is 0.337 e. The van der Waals surface area contributed by atoms with Crippen LogP contribution >= 0.6 is 24.4 Å². The summed E-state index contributed by atoms with van der Waals surface area (Å²) in [5.41, 5.74) is 0.956. The molecule has 1 aromatic heterocycles. The molecule has 0 radical (unpaired) electrons. The Kier molecular flexibility index (Phi) is 4.31. The third-order valence-corrected chi connectivity index (χ3v) is 3.90. The van der Waals surface area contributed by atoms with E-state index in [0.717, 1.165) is 4.31 Å². The van der Waals surface area contributed by atoms with Crippen LogP contribution < -0.4 is 14.4 Å². The zero-order valence-electron chi connectivity index (χ0n) is 12.0. The molecule has 0 bridgehead atoms. The van der Waals surface area contributed by atoms with E-state index in [9.17, 15) is 4.79 Å². The number of carbonyl (C=O) groups excluding carboxylic acids is 1. The summed E-state index contributed by atoms with van der Waals surface area (Å²) in [6.07, 6.45) is 0. The number of benzene rings is 2. The Balaban J connectivity index is 1.90. The van der Waals surface area contributed by atoms with E-state index in [4.69, 9.17) is 20.9 Å². The first-order valence-electron chi connectivity index (χ1n) is 6.58. The van der Waals surface area contributed by atoms with E-state index in [0.29, 0.717) is 27.4 Å². The van der Waals surface area contributed by atoms with Gasteiger partial charge >= 0.3 is 6.03 Å². The van der Waals surface area contributed by atoms with Crippen LogP contribution in [0.1, 0.15) is 0 Å². The number of nitrogens with one attached hydrogen (secondary N) is 1. The average molecular weight is 350 g/mol. The Morgan fingerprint density at radius 1 is 1.30 bits per heavy atom. The van der Waals surface area contributed by atoms with Crippen LogP contribution in [0, 0.1) is 0 Å². The number of hydrogen-bond acceptors (Lipinski definition) is 5. The number of aromatic nitrogens is 1. The largest absolute Gasteiger partial charge is 0.496 e. The normalized spacial score (nSPS) is 10.6. The maximum absolute atomic E-state index is 12.4. The molecule has 1 N–H and O–H groups in total. The summed E-state index contributed by atoms with van der Waals surface area (Å²) in [6, 6.07) is 11.6. The van der Waals surface area contributed by atoms with Crippen LogP contribution in [0.5, 0.6) is 5.75 Å². The summed E-state index contributed by atoms with van der Waals surface area (Å²) in [6.45, 7) is 0. The molecule has 118 valence electrons. The molecule has 3 rings (SSSR count). The molecule has 0 aliphatic heterocycles. The summed E-state index contributed by atoms with van der Waals surface area (Å²) in [4.78, 5) is 12.4. The molecule has 2 amide bonds. The molecule has 0 aliphatic rings. The zero-order valence-corrected chi connectivity index (χ0v) is 13.6. The fourth-order valence-corrected chi connectivity index (χ4v) is 2.61. The fourth-order valence-electron chi connectivity index (χ4n) is 2.10. The van der Waals surface area contributed by atoms with Gasteiger partial charge in [0.2, 0.25) is 0 Å². The number of nitrogens with zero attached hydrogens (tertiary/aromatic N) is 2. The topological polar surface area (TPSA) is 67.6 Å². The van der Waals surface area contributed by atoms with Gasteiger partial charge in [-0.25, -0.2) is 9.10 Å². The van der Waals surface area contributed by atoms with Crippen LogP contribution in [0.25, 0.3) is 11.0 Å². The Labute approximate surface area is 142 Å². The van der Waals surface area contributed by atoms with Gasteiger partial charge in [0.1, 0.15) is 11.1 Å². The average Bonchev–Trinajstić information content (AvgIpc) is 2.97. The van der Waals surface area contributed by atoms with E-state index in [1.165, 1.54) is 7.11 Å². The Bertz CT molecular complexity index is 868. The molecule has 1 heterocycles. The molecular weight excluding hydrogens is 338 g/mol. The van der Waals surface area contributed by atoms with Crippen LogP contribution in [-0.2, 0) is 0 Å². The van der Waals surface area contributed by atoms with E-state index in [-0.39, 0.29) is 5.82 Å². The number of anilines is 2. The lowest BCUT2D eigenvalue weighted by atomic mass is 10.2. The molecule has 6 nitrogen and oxygen atoms in total. The van der Waals surface area contributed by atoms with E-state index in [1.54, 1.807) is 42.5 Å². The van der Waals surface area contributed by atoms with Gasteiger partial charge in [-0.1, -0.05) is 47.8 Å². The van der Waals surface area contributed by atoms with Crippen molar-refractivity contribution in [2.45, 2.75) is 0 Å². The second-order valence-corrected chi connectivity index (χ2v) is 5.37. The number of methoxy groups -OCH3 is 1. The Morgan fingerprint density at radius 2 is 2.09 bits per heavy atom. The summed E-state index contributed by atoms with van der Waals surface area (Å²) in [5.74, 6) is 0.788. The van der Waals surface area contributed by atoms with Crippen molar-refractivity contribution < 1.29 is 14.1 Å². The number of urea groups is 1. The molecule has 8 heteroatoms. The molecule has 23 heavy (non-hydrogen) atoms. The maximum atomic E-state index is 12.4. The van der Waals surface area contributed by atoms with Crippen LogP contribution in [0.15, 0.2) is 47.0 Å². The highest BCUT2D eigenvalue weighted by molar-refractivity contribution is 7.82. The van der Waals surface area contributed by atoms with Gasteiger partial charge in [-0.05, 0) is 24.3 Å². The first-order valence-corrected chi connectivity index (χ1v) is 7.36. The van der Waals surface area contributed by atoms with Crippen molar-refractivity contribution in [1.29, 1.82) is 0 Å². The summed E-state index contributed by atoms with van der Waals surface area (Å²) in [5, 5.41) is 7.47. The van der Waals surface area contributed by atoms with Gasteiger partial charge in [0.05, 0.1) is 17.8 Å². The van der Waals surface area contributed by atoms with E-state index in [1.807, 2.05) is 0 Å². The number of carbonyl (C=O) groups is 1. The van der Waals surface area contributed by atoms with Crippen molar-refractivity contribution in [3.8, 4) is 5.75 Å². The lowest BCUT2D eigenvalue weighted by Gasteiger charge is -2.16.